The molecule has 1 aliphatic heterocycles. The number of halogens is 1. The molecule has 0 aromatic heterocycles. The smallest absolute Gasteiger partial charge is 0.278 e. The van der Waals surface area contributed by atoms with E-state index in [1.54, 1.807) is 68.8 Å². The van der Waals surface area contributed by atoms with E-state index in [2.05, 4.69) is 10.6 Å². The third kappa shape index (κ3) is 6.62. The average Bonchev–Trinajstić information content (AvgIpc) is 3.14. The Labute approximate surface area is 236 Å². The lowest BCUT2D eigenvalue weighted by molar-refractivity contribution is -0.137. The van der Waals surface area contributed by atoms with Gasteiger partial charge in [-0.1, -0.05) is 41.6 Å². The van der Waals surface area contributed by atoms with Crippen LogP contribution in [0.5, 0.6) is 5.75 Å². The third-order valence-electron chi connectivity index (χ3n) is 5.92. The minimum atomic E-state index is -0.411. The van der Waals surface area contributed by atoms with Crippen LogP contribution in [-0.2, 0) is 14.3 Å². The molecule has 1 heterocycles. The quantitative estimate of drug-likeness (QED) is 0.226. The summed E-state index contributed by atoms with van der Waals surface area (Å²) in [6.45, 7) is 2.59. The van der Waals surface area contributed by atoms with Gasteiger partial charge in [0.2, 0.25) is 0 Å². The molecule has 0 saturated heterocycles. The van der Waals surface area contributed by atoms with E-state index in [1.165, 1.54) is 16.7 Å². The maximum absolute atomic E-state index is 13.4. The van der Waals surface area contributed by atoms with Crippen molar-refractivity contribution >= 4 is 52.5 Å². The molecule has 10 heteroatoms. The van der Waals surface area contributed by atoms with Crippen molar-refractivity contribution in [3.63, 3.8) is 0 Å². The van der Waals surface area contributed by atoms with Crippen LogP contribution in [-0.4, -0.2) is 50.0 Å². The van der Waals surface area contributed by atoms with Gasteiger partial charge in [-0.05, 0) is 67.4 Å². The lowest BCUT2D eigenvalue weighted by Gasteiger charge is -2.15. The van der Waals surface area contributed by atoms with Gasteiger partial charge in [0.1, 0.15) is 16.4 Å². The Morgan fingerprint density at radius 3 is 2.44 bits per heavy atom. The first-order valence-corrected chi connectivity index (χ1v) is 13.4. The molecule has 0 saturated carbocycles. The van der Waals surface area contributed by atoms with Crippen molar-refractivity contribution in [3.05, 3.63) is 93.5 Å². The second kappa shape index (κ2) is 12.8. The van der Waals surface area contributed by atoms with Crippen LogP contribution in [0.3, 0.4) is 0 Å². The van der Waals surface area contributed by atoms with E-state index in [0.717, 1.165) is 10.5 Å². The number of hydrogen-bond donors (Lipinski definition) is 2. The lowest BCUT2D eigenvalue weighted by Crippen LogP contribution is -2.33. The number of imide groups is 1. The molecule has 0 fully saturated rings. The van der Waals surface area contributed by atoms with Crippen molar-refractivity contribution in [2.24, 2.45) is 0 Å². The molecule has 0 atom stereocenters. The molecule has 0 unspecified atom stereocenters. The summed E-state index contributed by atoms with van der Waals surface area (Å²) in [5.74, 6) is -0.572. The lowest BCUT2D eigenvalue weighted by atomic mass is 10.2. The number of nitrogens with zero attached hydrogens (tertiary/aromatic N) is 1. The molecule has 3 amide bonds. The normalized spacial score (nSPS) is 13.2. The summed E-state index contributed by atoms with van der Waals surface area (Å²) in [4.78, 5) is 41.6. The van der Waals surface area contributed by atoms with Crippen LogP contribution in [0.1, 0.15) is 22.3 Å². The molecule has 8 nitrogen and oxygen atoms in total. The molecule has 39 heavy (non-hydrogen) atoms. The summed E-state index contributed by atoms with van der Waals surface area (Å²) in [5, 5.41) is 6.33. The molecule has 0 bridgehead atoms. The Balaban J connectivity index is 1.58. The van der Waals surface area contributed by atoms with Gasteiger partial charge in [0.15, 0.2) is 0 Å². The highest BCUT2D eigenvalue weighted by Gasteiger charge is 2.39. The number of carbonyl (C=O) groups excluding carboxylic acids is 3. The molecule has 0 radical (unpaired) electrons. The third-order valence-corrected chi connectivity index (χ3v) is 7.34. The van der Waals surface area contributed by atoms with Crippen LogP contribution >= 0.6 is 23.4 Å². The Morgan fingerprint density at radius 1 is 1.00 bits per heavy atom. The van der Waals surface area contributed by atoms with Crippen molar-refractivity contribution in [2.75, 3.05) is 38.0 Å². The van der Waals surface area contributed by atoms with Crippen LogP contribution in [0.15, 0.2) is 82.2 Å². The zero-order chi connectivity index (χ0) is 27.9. The molecule has 0 spiro atoms. The molecule has 3 aromatic rings. The van der Waals surface area contributed by atoms with Gasteiger partial charge in [-0.2, -0.15) is 0 Å². The van der Waals surface area contributed by atoms with Gasteiger partial charge in [-0.15, -0.1) is 0 Å². The number of anilines is 2. The predicted octanol–water partition coefficient (Wildman–Crippen LogP) is 5.73. The molecule has 0 aliphatic carbocycles. The van der Waals surface area contributed by atoms with E-state index in [9.17, 15) is 14.4 Å². The summed E-state index contributed by atoms with van der Waals surface area (Å²) in [7, 11) is 3.12. The molecular weight excluding hydrogens is 538 g/mol. The first kappa shape index (κ1) is 28.2. The van der Waals surface area contributed by atoms with Crippen LogP contribution in [0, 0.1) is 6.92 Å². The van der Waals surface area contributed by atoms with Crippen LogP contribution in [0.2, 0.25) is 5.02 Å². The molecule has 202 valence electrons. The number of ether oxygens (including phenoxy) is 2. The van der Waals surface area contributed by atoms with E-state index in [1.807, 2.05) is 19.1 Å². The van der Waals surface area contributed by atoms with Crippen molar-refractivity contribution < 1.29 is 23.9 Å². The minimum absolute atomic E-state index is 0.183. The van der Waals surface area contributed by atoms with E-state index in [0.29, 0.717) is 40.7 Å². The van der Waals surface area contributed by atoms with Crippen LogP contribution < -0.4 is 15.4 Å². The van der Waals surface area contributed by atoms with Crippen molar-refractivity contribution in [1.29, 1.82) is 0 Å². The first-order valence-electron chi connectivity index (χ1n) is 12.2. The van der Waals surface area contributed by atoms with Gasteiger partial charge in [0.05, 0.1) is 23.4 Å². The molecule has 2 N–H and O–H groups in total. The first-order chi connectivity index (χ1) is 18.8. The van der Waals surface area contributed by atoms with E-state index in [4.69, 9.17) is 21.1 Å². The Hall–Kier alpha value is -3.79. The fourth-order valence-electron chi connectivity index (χ4n) is 3.95. The highest BCUT2D eigenvalue weighted by Crippen LogP contribution is 2.38. The molecule has 1 aliphatic rings. The summed E-state index contributed by atoms with van der Waals surface area (Å²) in [5.41, 5.74) is 2.67. The van der Waals surface area contributed by atoms with Crippen molar-refractivity contribution in [3.8, 4) is 5.75 Å². The second-order valence-corrected chi connectivity index (χ2v) is 10.2. The number of methoxy groups -OCH3 is 2. The monoisotopic (exact) mass is 565 g/mol. The fourth-order valence-corrected chi connectivity index (χ4v) is 5.12. The van der Waals surface area contributed by atoms with E-state index >= 15 is 0 Å². The van der Waals surface area contributed by atoms with Crippen LogP contribution in [0.25, 0.3) is 0 Å². The molecular formula is C29H28ClN3O5S. The highest BCUT2D eigenvalue weighted by atomic mass is 35.5. The summed E-state index contributed by atoms with van der Waals surface area (Å²) in [6.07, 6.45) is 0.521. The van der Waals surface area contributed by atoms with Gasteiger partial charge < -0.3 is 20.1 Å². The largest absolute Gasteiger partial charge is 0.495 e. The van der Waals surface area contributed by atoms with Crippen molar-refractivity contribution in [1.82, 2.24) is 4.90 Å². The number of thioether (sulfide) groups is 1. The number of amides is 3. The van der Waals surface area contributed by atoms with Crippen molar-refractivity contribution in [2.45, 2.75) is 18.2 Å². The van der Waals surface area contributed by atoms with E-state index in [-0.39, 0.29) is 29.0 Å². The minimum Gasteiger partial charge on any atom is -0.495 e. The van der Waals surface area contributed by atoms with Gasteiger partial charge in [0, 0.05) is 30.8 Å². The van der Waals surface area contributed by atoms with Gasteiger partial charge in [-0.25, -0.2) is 0 Å². The predicted molar refractivity (Wildman–Crippen MR) is 153 cm³/mol. The highest BCUT2D eigenvalue weighted by molar-refractivity contribution is 8.04. The summed E-state index contributed by atoms with van der Waals surface area (Å²) < 4.78 is 10.6. The number of nitrogens with one attached hydrogen (secondary N) is 2. The zero-order valence-corrected chi connectivity index (χ0v) is 23.3. The molecule has 4 rings (SSSR count). The van der Waals surface area contributed by atoms with Gasteiger partial charge >= 0.3 is 0 Å². The number of carbonyl (C=O) groups is 3. The Bertz CT molecular complexity index is 1420. The Kier molecular flexibility index (Phi) is 9.29. The molecule has 3 aromatic carbocycles. The van der Waals surface area contributed by atoms with E-state index < -0.39 is 5.91 Å². The topological polar surface area (TPSA) is 97.0 Å². The summed E-state index contributed by atoms with van der Waals surface area (Å²) in [6, 6.07) is 19.4. The van der Waals surface area contributed by atoms with Gasteiger partial charge in [-0.3, -0.25) is 19.3 Å². The second-order valence-electron chi connectivity index (χ2n) is 8.70. The number of hydrogen-bond acceptors (Lipinski definition) is 7. The fraction of sp³-hybridized carbons (Fsp3) is 0.207. The SMILES string of the molecule is COCCCN1C(=O)C(Nc2cc(C)ccc2OC)=C(Sc2ccc(NC(=O)c3ccccc3Cl)cc2)C1=O. The Morgan fingerprint density at radius 2 is 1.74 bits per heavy atom. The maximum Gasteiger partial charge on any atom is 0.278 e. The van der Waals surface area contributed by atoms with Gasteiger partial charge in [0.25, 0.3) is 17.7 Å². The average molecular weight is 566 g/mol. The summed E-state index contributed by atoms with van der Waals surface area (Å²) >= 11 is 7.31. The number of rotatable bonds is 11. The van der Waals surface area contributed by atoms with Crippen LogP contribution in [0.4, 0.5) is 11.4 Å². The number of aryl methyl sites for hydroxylation is 1. The number of benzene rings is 3. The maximum atomic E-state index is 13.4. The standard InChI is InChI=1S/C29H28ClN3O5S/c1-18-9-14-24(38-3)23(17-18)32-25-26(29(36)33(28(25)35)15-6-16-37-2)39-20-12-10-19(11-13-20)31-27(34)21-7-4-5-8-22(21)30/h4-5,7-14,17,32H,6,15-16H2,1-3H3,(H,31,34). The zero-order valence-electron chi connectivity index (χ0n) is 21.7.